The van der Waals surface area contributed by atoms with Crippen LogP contribution in [0.1, 0.15) is 6.23 Å². The highest BCUT2D eigenvalue weighted by Crippen LogP contribution is 2.29. The van der Waals surface area contributed by atoms with Gasteiger partial charge in [0.05, 0.1) is 12.1 Å². The van der Waals surface area contributed by atoms with Crippen LogP contribution >= 0.6 is 0 Å². The lowest BCUT2D eigenvalue weighted by Crippen LogP contribution is -2.56. The van der Waals surface area contributed by atoms with Gasteiger partial charge in [0, 0.05) is 0 Å². The lowest BCUT2D eigenvalue weighted by Gasteiger charge is -2.39. The zero-order valence-electron chi connectivity index (χ0n) is 10.4. The fourth-order valence-electron chi connectivity index (χ4n) is 2.36. The van der Waals surface area contributed by atoms with Gasteiger partial charge in [-0.15, -0.1) is 5.10 Å². The van der Waals surface area contributed by atoms with Crippen molar-refractivity contribution in [1.82, 2.24) is 15.0 Å². The third-order valence-corrected chi connectivity index (χ3v) is 3.49. The molecule has 1 fully saturated rings. The molecule has 1 aliphatic rings. The summed E-state index contributed by atoms with van der Waals surface area (Å²) >= 11 is 0. The van der Waals surface area contributed by atoms with Gasteiger partial charge < -0.3 is 25.2 Å². The Bertz CT molecular complexity index is 602. The molecule has 2 aromatic rings. The molecule has 1 aromatic heterocycles. The van der Waals surface area contributed by atoms with Crippen LogP contribution in [-0.2, 0) is 4.74 Å². The summed E-state index contributed by atoms with van der Waals surface area (Å²) in [4.78, 5) is 0. The molecular formula is C12H15N3O5. The number of aliphatic hydroxyl groups is 4. The van der Waals surface area contributed by atoms with Crippen LogP contribution in [0.3, 0.4) is 0 Å². The molecule has 1 saturated heterocycles. The fourth-order valence-corrected chi connectivity index (χ4v) is 2.36. The quantitative estimate of drug-likeness (QED) is 0.523. The number of hydrogen-bond acceptors (Lipinski definition) is 7. The number of ether oxygens (including phenoxy) is 1. The van der Waals surface area contributed by atoms with Crippen molar-refractivity contribution >= 4 is 11.0 Å². The molecule has 0 bridgehead atoms. The summed E-state index contributed by atoms with van der Waals surface area (Å²) < 4.78 is 6.76. The average molecular weight is 281 g/mol. The molecule has 0 spiro atoms. The molecule has 0 saturated carbocycles. The average Bonchev–Trinajstić information content (AvgIpc) is 2.89. The fraction of sp³-hybridized carbons (Fsp3) is 0.500. The maximum absolute atomic E-state index is 10.0. The third-order valence-electron chi connectivity index (χ3n) is 3.49. The Kier molecular flexibility index (Phi) is 3.40. The predicted octanol–water partition coefficient (Wildman–Crippen LogP) is -1.60. The molecule has 0 unspecified atom stereocenters. The van der Waals surface area contributed by atoms with E-state index in [1.54, 1.807) is 24.3 Å². The third kappa shape index (κ3) is 1.98. The van der Waals surface area contributed by atoms with Gasteiger partial charge in [0.15, 0.2) is 6.23 Å². The summed E-state index contributed by atoms with van der Waals surface area (Å²) in [5.74, 6) is 0. The topological polar surface area (TPSA) is 121 Å². The number of para-hydroxylation sites is 1. The zero-order valence-corrected chi connectivity index (χ0v) is 10.4. The largest absolute Gasteiger partial charge is 0.394 e. The van der Waals surface area contributed by atoms with E-state index in [1.807, 2.05) is 0 Å². The van der Waals surface area contributed by atoms with Crippen molar-refractivity contribution in [3.05, 3.63) is 24.3 Å². The molecule has 1 aliphatic heterocycles. The van der Waals surface area contributed by atoms with Gasteiger partial charge in [-0.05, 0) is 12.1 Å². The normalized spacial score (nSPS) is 34.5. The van der Waals surface area contributed by atoms with E-state index < -0.39 is 37.3 Å². The number of fused-ring (bicyclic) bond motifs is 1. The summed E-state index contributed by atoms with van der Waals surface area (Å²) in [6.07, 6.45) is -6.20. The monoisotopic (exact) mass is 281 g/mol. The van der Waals surface area contributed by atoms with Crippen LogP contribution in [0.2, 0.25) is 0 Å². The first-order valence-corrected chi connectivity index (χ1v) is 6.24. The molecule has 1 aromatic carbocycles. The van der Waals surface area contributed by atoms with Crippen molar-refractivity contribution in [1.29, 1.82) is 0 Å². The van der Waals surface area contributed by atoms with E-state index in [0.717, 1.165) is 0 Å². The van der Waals surface area contributed by atoms with Crippen LogP contribution in [0.4, 0.5) is 0 Å². The maximum Gasteiger partial charge on any atom is 0.181 e. The molecule has 3 rings (SSSR count). The van der Waals surface area contributed by atoms with E-state index in [0.29, 0.717) is 11.0 Å². The van der Waals surface area contributed by atoms with E-state index >= 15 is 0 Å². The molecule has 20 heavy (non-hydrogen) atoms. The highest BCUT2D eigenvalue weighted by atomic mass is 16.6. The highest BCUT2D eigenvalue weighted by molar-refractivity contribution is 5.73. The van der Waals surface area contributed by atoms with Crippen LogP contribution in [0.15, 0.2) is 24.3 Å². The van der Waals surface area contributed by atoms with Crippen LogP contribution < -0.4 is 0 Å². The molecule has 5 atom stereocenters. The summed E-state index contributed by atoms with van der Waals surface area (Å²) in [7, 11) is 0. The highest BCUT2D eigenvalue weighted by Gasteiger charge is 2.45. The minimum atomic E-state index is -1.44. The standard InChI is InChI=1S/C12H15N3O5/c16-5-8-9(17)10(18)11(19)12(20-8)15-7-4-2-1-3-6(7)13-14-15/h1-4,8-12,16-19H,5H2/t8-,9+,10+,11-,12+/m0/s1. The molecular weight excluding hydrogens is 266 g/mol. The molecule has 0 amide bonds. The van der Waals surface area contributed by atoms with Crippen LogP contribution in [-0.4, -0.2) is 66.4 Å². The summed E-state index contributed by atoms with van der Waals surface area (Å²) in [5.41, 5.74) is 1.24. The number of nitrogens with zero attached hydrogens (tertiary/aromatic N) is 3. The van der Waals surface area contributed by atoms with Crippen LogP contribution in [0.25, 0.3) is 11.0 Å². The Labute approximate surface area is 113 Å². The Balaban J connectivity index is 2.00. The van der Waals surface area contributed by atoms with Crippen molar-refractivity contribution in [3.63, 3.8) is 0 Å². The summed E-state index contributed by atoms with van der Waals surface area (Å²) in [6, 6.07) is 7.08. The maximum atomic E-state index is 10.0. The van der Waals surface area contributed by atoms with Gasteiger partial charge in [-0.3, -0.25) is 0 Å². The van der Waals surface area contributed by atoms with Gasteiger partial charge in [0.1, 0.15) is 29.9 Å². The van der Waals surface area contributed by atoms with E-state index in [9.17, 15) is 20.4 Å². The Morgan fingerprint density at radius 3 is 2.60 bits per heavy atom. The molecule has 2 heterocycles. The number of benzene rings is 1. The number of hydrogen-bond donors (Lipinski definition) is 4. The van der Waals surface area contributed by atoms with Gasteiger partial charge in [0.25, 0.3) is 0 Å². The second kappa shape index (κ2) is 5.08. The predicted molar refractivity (Wildman–Crippen MR) is 66.5 cm³/mol. The zero-order chi connectivity index (χ0) is 14.3. The van der Waals surface area contributed by atoms with E-state index in [1.165, 1.54) is 4.68 Å². The summed E-state index contributed by atoms with van der Waals surface area (Å²) in [5, 5.41) is 46.6. The first-order chi connectivity index (χ1) is 9.63. The second-order valence-corrected chi connectivity index (χ2v) is 4.74. The van der Waals surface area contributed by atoms with Gasteiger partial charge in [0.2, 0.25) is 0 Å². The van der Waals surface area contributed by atoms with Crippen LogP contribution in [0.5, 0.6) is 0 Å². The lowest BCUT2D eigenvalue weighted by molar-refractivity contribution is -0.253. The van der Waals surface area contributed by atoms with Crippen molar-refractivity contribution in [2.75, 3.05) is 6.61 Å². The molecule has 4 N–H and O–H groups in total. The second-order valence-electron chi connectivity index (χ2n) is 4.74. The number of aliphatic hydroxyl groups excluding tert-OH is 4. The molecule has 0 radical (unpaired) electrons. The van der Waals surface area contributed by atoms with E-state index in [4.69, 9.17) is 4.74 Å². The molecule has 8 heteroatoms. The van der Waals surface area contributed by atoms with Crippen molar-refractivity contribution in [2.24, 2.45) is 0 Å². The Morgan fingerprint density at radius 1 is 1.10 bits per heavy atom. The SMILES string of the molecule is OC[C@@H]1O[C@@H](n2nnc3ccccc32)[C@@H](O)[C@H](O)[C@@H]1O. The lowest BCUT2D eigenvalue weighted by atomic mass is 9.98. The van der Waals surface area contributed by atoms with Crippen molar-refractivity contribution < 1.29 is 25.2 Å². The first-order valence-electron chi connectivity index (χ1n) is 6.24. The summed E-state index contributed by atoms with van der Waals surface area (Å²) in [6.45, 7) is -0.478. The molecule has 0 aliphatic carbocycles. The van der Waals surface area contributed by atoms with E-state index in [2.05, 4.69) is 10.3 Å². The van der Waals surface area contributed by atoms with Crippen LogP contribution in [0, 0.1) is 0 Å². The molecule has 8 nitrogen and oxygen atoms in total. The molecule has 108 valence electrons. The number of rotatable bonds is 2. The minimum Gasteiger partial charge on any atom is -0.394 e. The van der Waals surface area contributed by atoms with Crippen molar-refractivity contribution in [2.45, 2.75) is 30.6 Å². The Hall–Kier alpha value is -1.58. The van der Waals surface area contributed by atoms with Gasteiger partial charge >= 0.3 is 0 Å². The van der Waals surface area contributed by atoms with Gasteiger partial charge in [-0.2, -0.15) is 0 Å². The van der Waals surface area contributed by atoms with Gasteiger partial charge in [-0.1, -0.05) is 17.3 Å². The van der Waals surface area contributed by atoms with Crippen molar-refractivity contribution in [3.8, 4) is 0 Å². The Morgan fingerprint density at radius 2 is 1.85 bits per heavy atom. The minimum absolute atomic E-state index is 0.478. The number of aromatic nitrogens is 3. The van der Waals surface area contributed by atoms with E-state index in [-0.39, 0.29) is 0 Å². The first kappa shape index (κ1) is 13.4. The smallest absolute Gasteiger partial charge is 0.181 e. The van der Waals surface area contributed by atoms with Gasteiger partial charge in [-0.25, -0.2) is 4.68 Å².